The van der Waals surface area contributed by atoms with E-state index >= 15 is 0 Å². The van der Waals surface area contributed by atoms with Crippen molar-refractivity contribution >= 4 is 17.6 Å². The monoisotopic (exact) mass is 336 g/mol. The second kappa shape index (κ2) is 8.10. The van der Waals surface area contributed by atoms with Gasteiger partial charge in [0.1, 0.15) is 5.82 Å². The van der Waals surface area contributed by atoms with E-state index < -0.39 is 17.8 Å². The van der Waals surface area contributed by atoms with E-state index in [0.29, 0.717) is 12.2 Å². The van der Waals surface area contributed by atoms with Crippen LogP contribution in [-0.4, -0.2) is 42.5 Å². The fraction of sp³-hybridized carbons (Fsp3) is 0.529. The van der Waals surface area contributed by atoms with Crippen molar-refractivity contribution in [3.05, 3.63) is 29.6 Å². The zero-order valence-corrected chi connectivity index (χ0v) is 14.1. The fourth-order valence-corrected chi connectivity index (χ4v) is 2.81. The van der Waals surface area contributed by atoms with E-state index in [1.165, 1.54) is 25.0 Å². The fourth-order valence-electron chi connectivity index (χ4n) is 2.81. The predicted molar refractivity (Wildman–Crippen MR) is 91.4 cm³/mol. The summed E-state index contributed by atoms with van der Waals surface area (Å²) in [5, 5.41) is 5.39. The van der Waals surface area contributed by atoms with Gasteiger partial charge >= 0.3 is 6.03 Å². The Morgan fingerprint density at radius 2 is 2.04 bits per heavy atom. The largest absolute Gasteiger partial charge is 0.366 e. The van der Waals surface area contributed by atoms with E-state index in [0.717, 1.165) is 25.1 Å². The second-order valence-corrected chi connectivity index (χ2v) is 6.46. The van der Waals surface area contributed by atoms with Crippen LogP contribution in [-0.2, 0) is 0 Å². The first kappa shape index (κ1) is 18.2. The van der Waals surface area contributed by atoms with Crippen molar-refractivity contribution in [2.75, 3.05) is 25.0 Å². The van der Waals surface area contributed by atoms with Crippen molar-refractivity contribution in [2.45, 2.75) is 32.7 Å². The van der Waals surface area contributed by atoms with E-state index in [2.05, 4.69) is 29.4 Å². The number of benzene rings is 1. The second-order valence-electron chi connectivity index (χ2n) is 6.46. The van der Waals surface area contributed by atoms with Crippen LogP contribution < -0.4 is 16.4 Å². The highest BCUT2D eigenvalue weighted by atomic mass is 19.1. The van der Waals surface area contributed by atoms with E-state index in [-0.39, 0.29) is 11.6 Å². The van der Waals surface area contributed by atoms with Crippen molar-refractivity contribution in [3.8, 4) is 0 Å². The number of amides is 3. The molecular weight excluding hydrogens is 311 g/mol. The minimum Gasteiger partial charge on any atom is -0.366 e. The number of nitrogens with zero attached hydrogens (tertiary/aromatic N) is 1. The van der Waals surface area contributed by atoms with Crippen molar-refractivity contribution in [2.24, 2.45) is 11.7 Å². The lowest BCUT2D eigenvalue weighted by atomic mass is 9.98. The number of urea groups is 1. The molecule has 1 aromatic rings. The topological polar surface area (TPSA) is 87.5 Å². The maximum absolute atomic E-state index is 13.4. The standard InChI is InChI=1S/C17H25FN4O2/c1-11-5-7-22(8-6-11)12(2)10-20-17(24)21-13-3-4-15(18)14(9-13)16(19)23/h3-4,9,11-12H,5-8,10H2,1-2H3,(H2,19,23)(H2,20,21,24)/t12-/m1/s1. The van der Waals surface area contributed by atoms with E-state index in [1.54, 1.807) is 0 Å². The van der Waals surface area contributed by atoms with Crippen LogP contribution in [0.1, 0.15) is 37.0 Å². The van der Waals surface area contributed by atoms with E-state index in [1.807, 2.05) is 0 Å². The highest BCUT2D eigenvalue weighted by Crippen LogP contribution is 2.18. The van der Waals surface area contributed by atoms with Gasteiger partial charge in [-0.3, -0.25) is 9.69 Å². The molecule has 0 unspecified atom stereocenters. The number of nitrogens with two attached hydrogens (primary N) is 1. The molecule has 132 valence electrons. The van der Waals surface area contributed by atoms with Crippen LogP contribution in [0, 0.1) is 11.7 Å². The van der Waals surface area contributed by atoms with Gasteiger partial charge in [-0.15, -0.1) is 0 Å². The minimum atomic E-state index is -0.871. The summed E-state index contributed by atoms with van der Waals surface area (Å²) in [5.41, 5.74) is 5.17. The molecule has 1 aromatic carbocycles. The summed E-state index contributed by atoms with van der Waals surface area (Å²) < 4.78 is 13.4. The van der Waals surface area contributed by atoms with Gasteiger partial charge in [-0.1, -0.05) is 6.92 Å². The Bertz CT molecular complexity index is 600. The first-order chi connectivity index (χ1) is 11.4. The average Bonchev–Trinajstić information content (AvgIpc) is 2.55. The summed E-state index contributed by atoms with van der Waals surface area (Å²) >= 11 is 0. The number of piperidine rings is 1. The maximum atomic E-state index is 13.4. The third-order valence-electron chi connectivity index (χ3n) is 4.49. The Labute approximate surface area is 141 Å². The molecule has 1 aliphatic heterocycles. The highest BCUT2D eigenvalue weighted by molar-refractivity contribution is 5.96. The number of halogens is 1. The van der Waals surface area contributed by atoms with Gasteiger partial charge in [-0.05, 0) is 57.0 Å². The third kappa shape index (κ3) is 4.92. The van der Waals surface area contributed by atoms with Gasteiger partial charge in [0.25, 0.3) is 5.91 Å². The molecule has 1 heterocycles. The number of carbonyl (C=O) groups excluding carboxylic acids is 2. The molecule has 3 amide bonds. The van der Waals surface area contributed by atoms with Crippen LogP contribution in [0.25, 0.3) is 0 Å². The smallest absolute Gasteiger partial charge is 0.319 e. The van der Waals surface area contributed by atoms with Crippen LogP contribution in [0.15, 0.2) is 18.2 Å². The average molecular weight is 336 g/mol. The SMILES string of the molecule is CC1CCN([C@H](C)CNC(=O)Nc2ccc(F)c(C(N)=O)c2)CC1. The molecule has 6 nitrogen and oxygen atoms in total. The molecule has 0 aromatic heterocycles. The van der Waals surface area contributed by atoms with Crippen LogP contribution in [0.5, 0.6) is 0 Å². The molecule has 1 saturated heterocycles. The molecule has 7 heteroatoms. The Kier molecular flexibility index (Phi) is 6.14. The van der Waals surface area contributed by atoms with Gasteiger partial charge in [0.15, 0.2) is 0 Å². The van der Waals surface area contributed by atoms with Gasteiger partial charge in [0.05, 0.1) is 5.56 Å². The number of likely N-dealkylation sites (tertiary alicyclic amines) is 1. The molecule has 1 atom stereocenters. The molecule has 2 rings (SSSR count). The zero-order chi connectivity index (χ0) is 17.7. The molecule has 4 N–H and O–H groups in total. The summed E-state index contributed by atoms with van der Waals surface area (Å²) in [4.78, 5) is 25.5. The summed E-state index contributed by atoms with van der Waals surface area (Å²) in [6.07, 6.45) is 2.37. The number of hydrogen-bond donors (Lipinski definition) is 3. The Hall–Kier alpha value is -2.15. The highest BCUT2D eigenvalue weighted by Gasteiger charge is 2.20. The first-order valence-electron chi connectivity index (χ1n) is 8.25. The van der Waals surface area contributed by atoms with Crippen LogP contribution in [0.4, 0.5) is 14.9 Å². The lowest BCUT2D eigenvalue weighted by Gasteiger charge is -2.34. The summed E-state index contributed by atoms with van der Waals surface area (Å²) in [6, 6.07) is 3.57. The Morgan fingerprint density at radius 1 is 1.38 bits per heavy atom. The molecule has 0 saturated carbocycles. The molecule has 0 spiro atoms. The number of carbonyl (C=O) groups is 2. The molecule has 24 heavy (non-hydrogen) atoms. The van der Waals surface area contributed by atoms with Gasteiger partial charge in [0.2, 0.25) is 0 Å². The molecule has 0 radical (unpaired) electrons. The lowest BCUT2D eigenvalue weighted by Crippen LogP contribution is -2.46. The van der Waals surface area contributed by atoms with E-state index in [9.17, 15) is 14.0 Å². The van der Waals surface area contributed by atoms with Gasteiger partial charge in [0, 0.05) is 18.3 Å². The predicted octanol–water partition coefficient (Wildman–Crippen LogP) is 2.17. The van der Waals surface area contributed by atoms with Crippen LogP contribution in [0.2, 0.25) is 0 Å². The molecule has 0 aliphatic carbocycles. The van der Waals surface area contributed by atoms with Crippen LogP contribution >= 0.6 is 0 Å². The number of rotatable bonds is 5. The lowest BCUT2D eigenvalue weighted by molar-refractivity contribution is 0.0996. The first-order valence-corrected chi connectivity index (χ1v) is 8.25. The van der Waals surface area contributed by atoms with Gasteiger partial charge in [-0.25, -0.2) is 9.18 Å². The third-order valence-corrected chi connectivity index (χ3v) is 4.49. The van der Waals surface area contributed by atoms with Crippen molar-refractivity contribution < 1.29 is 14.0 Å². The van der Waals surface area contributed by atoms with Gasteiger partial charge < -0.3 is 16.4 Å². The molecule has 0 bridgehead atoms. The summed E-state index contributed by atoms with van der Waals surface area (Å²) in [6.45, 7) is 6.96. The normalized spacial score (nSPS) is 17.3. The molecule has 1 aliphatic rings. The molecule has 1 fully saturated rings. The minimum absolute atomic E-state index is 0.247. The maximum Gasteiger partial charge on any atom is 0.319 e. The number of primary amides is 1. The summed E-state index contributed by atoms with van der Waals surface area (Å²) in [7, 11) is 0. The number of nitrogens with one attached hydrogen (secondary N) is 2. The quantitative estimate of drug-likeness (QED) is 0.770. The van der Waals surface area contributed by atoms with Crippen molar-refractivity contribution in [3.63, 3.8) is 0 Å². The van der Waals surface area contributed by atoms with Crippen molar-refractivity contribution in [1.82, 2.24) is 10.2 Å². The number of hydrogen-bond acceptors (Lipinski definition) is 3. The Balaban J connectivity index is 1.83. The zero-order valence-electron chi connectivity index (χ0n) is 14.1. The van der Waals surface area contributed by atoms with Crippen LogP contribution in [0.3, 0.4) is 0 Å². The van der Waals surface area contributed by atoms with Gasteiger partial charge in [-0.2, -0.15) is 0 Å². The Morgan fingerprint density at radius 3 is 2.67 bits per heavy atom. The number of anilines is 1. The van der Waals surface area contributed by atoms with E-state index in [4.69, 9.17) is 5.73 Å². The summed E-state index contributed by atoms with van der Waals surface area (Å²) in [5.74, 6) is -0.812. The molecular formula is C17H25FN4O2. The van der Waals surface area contributed by atoms with Crippen molar-refractivity contribution in [1.29, 1.82) is 0 Å².